The molecule has 0 saturated carbocycles. The molecular weight excluding hydrogens is 224 g/mol. The van der Waals surface area contributed by atoms with Crippen LogP contribution in [0.3, 0.4) is 0 Å². The minimum absolute atomic E-state index is 0.0947. The van der Waals surface area contributed by atoms with Gasteiger partial charge in [-0.2, -0.15) is 0 Å². The third kappa shape index (κ3) is 3.10. The maximum atomic E-state index is 12.1. The first kappa shape index (κ1) is 13.1. The highest BCUT2D eigenvalue weighted by Crippen LogP contribution is 2.10. The smallest absolute Gasteiger partial charge is 0.239 e. The van der Waals surface area contributed by atoms with Crippen molar-refractivity contribution in [3.8, 4) is 0 Å². The number of carbonyl (C=O) groups excluding carboxylic acids is 1. The summed E-state index contributed by atoms with van der Waals surface area (Å²) in [6.07, 6.45) is 2.30. The number of carbonyl (C=O) groups is 1. The van der Waals surface area contributed by atoms with Gasteiger partial charge in [-0.05, 0) is 37.8 Å². The standard InChI is InChI=1S/C15H22N2O/c1-12-7-3-4-8-14(12)11-16-13(2)15(18)17-9-5-6-10-17/h3-4,7-8,13,16H,5-6,9-11H2,1-2H3. The average Bonchev–Trinajstić information content (AvgIpc) is 2.90. The van der Waals surface area contributed by atoms with Crippen LogP contribution in [0.15, 0.2) is 24.3 Å². The number of aryl methyl sites for hydroxylation is 1. The zero-order chi connectivity index (χ0) is 13.0. The summed E-state index contributed by atoms with van der Waals surface area (Å²) in [4.78, 5) is 14.1. The molecule has 1 fully saturated rings. The molecule has 1 amide bonds. The minimum Gasteiger partial charge on any atom is -0.341 e. The molecule has 3 nitrogen and oxygen atoms in total. The lowest BCUT2D eigenvalue weighted by Gasteiger charge is -2.21. The summed E-state index contributed by atoms with van der Waals surface area (Å²) in [6.45, 7) is 6.67. The van der Waals surface area contributed by atoms with Crippen molar-refractivity contribution in [1.82, 2.24) is 10.2 Å². The van der Waals surface area contributed by atoms with Gasteiger partial charge in [0.05, 0.1) is 6.04 Å². The Labute approximate surface area is 109 Å². The second kappa shape index (κ2) is 6.01. The number of hydrogen-bond acceptors (Lipinski definition) is 2. The highest BCUT2D eigenvalue weighted by Gasteiger charge is 2.22. The van der Waals surface area contributed by atoms with Gasteiger partial charge in [-0.25, -0.2) is 0 Å². The fourth-order valence-corrected chi connectivity index (χ4v) is 2.37. The summed E-state index contributed by atoms with van der Waals surface area (Å²) >= 11 is 0. The Bertz CT molecular complexity index is 411. The second-order valence-corrected chi connectivity index (χ2v) is 5.06. The molecule has 2 rings (SSSR count). The highest BCUT2D eigenvalue weighted by atomic mass is 16.2. The predicted octanol–water partition coefficient (Wildman–Crippen LogP) is 2.10. The van der Waals surface area contributed by atoms with Gasteiger partial charge in [0.2, 0.25) is 5.91 Å². The van der Waals surface area contributed by atoms with E-state index in [4.69, 9.17) is 0 Å². The van der Waals surface area contributed by atoms with Gasteiger partial charge >= 0.3 is 0 Å². The van der Waals surface area contributed by atoms with Gasteiger partial charge in [-0.3, -0.25) is 4.79 Å². The third-order valence-corrected chi connectivity index (χ3v) is 3.65. The predicted molar refractivity (Wildman–Crippen MR) is 73.3 cm³/mol. The number of rotatable bonds is 4. The van der Waals surface area contributed by atoms with Crippen LogP contribution >= 0.6 is 0 Å². The number of likely N-dealkylation sites (tertiary alicyclic amines) is 1. The van der Waals surface area contributed by atoms with E-state index < -0.39 is 0 Å². The average molecular weight is 246 g/mol. The largest absolute Gasteiger partial charge is 0.341 e. The quantitative estimate of drug-likeness (QED) is 0.882. The topological polar surface area (TPSA) is 32.3 Å². The van der Waals surface area contributed by atoms with Gasteiger partial charge in [0, 0.05) is 19.6 Å². The zero-order valence-corrected chi connectivity index (χ0v) is 11.3. The Balaban J connectivity index is 1.86. The molecule has 0 radical (unpaired) electrons. The Kier molecular flexibility index (Phi) is 4.37. The van der Waals surface area contributed by atoms with Crippen LogP contribution in [0.25, 0.3) is 0 Å². The number of amides is 1. The molecule has 1 unspecified atom stereocenters. The minimum atomic E-state index is -0.0947. The molecule has 0 aliphatic carbocycles. The molecular formula is C15H22N2O. The van der Waals surface area contributed by atoms with Crippen LogP contribution in [0, 0.1) is 6.92 Å². The van der Waals surface area contributed by atoms with Crippen molar-refractivity contribution in [1.29, 1.82) is 0 Å². The molecule has 0 bridgehead atoms. The summed E-state index contributed by atoms with van der Waals surface area (Å²) < 4.78 is 0. The number of hydrogen-bond donors (Lipinski definition) is 1. The Morgan fingerprint density at radius 3 is 2.67 bits per heavy atom. The molecule has 18 heavy (non-hydrogen) atoms. The summed E-state index contributed by atoms with van der Waals surface area (Å²) in [5, 5.41) is 3.33. The van der Waals surface area contributed by atoms with Gasteiger partial charge in [-0.1, -0.05) is 24.3 Å². The van der Waals surface area contributed by atoms with Crippen molar-refractivity contribution in [3.05, 3.63) is 35.4 Å². The Morgan fingerprint density at radius 2 is 2.00 bits per heavy atom. The lowest BCUT2D eigenvalue weighted by atomic mass is 10.1. The summed E-state index contributed by atoms with van der Waals surface area (Å²) in [7, 11) is 0. The summed E-state index contributed by atoms with van der Waals surface area (Å²) in [5.74, 6) is 0.237. The molecule has 98 valence electrons. The Morgan fingerprint density at radius 1 is 1.33 bits per heavy atom. The molecule has 1 aromatic carbocycles. The first-order valence-corrected chi connectivity index (χ1v) is 6.75. The van der Waals surface area contributed by atoms with Crippen molar-refractivity contribution in [2.45, 2.75) is 39.3 Å². The summed E-state index contributed by atoms with van der Waals surface area (Å²) in [5.41, 5.74) is 2.53. The van der Waals surface area contributed by atoms with E-state index in [1.54, 1.807) is 0 Å². The molecule has 1 N–H and O–H groups in total. The monoisotopic (exact) mass is 246 g/mol. The first-order valence-electron chi connectivity index (χ1n) is 6.75. The fourth-order valence-electron chi connectivity index (χ4n) is 2.37. The number of benzene rings is 1. The van der Waals surface area contributed by atoms with E-state index in [-0.39, 0.29) is 11.9 Å². The van der Waals surface area contributed by atoms with E-state index in [2.05, 4.69) is 24.4 Å². The highest BCUT2D eigenvalue weighted by molar-refractivity contribution is 5.81. The van der Waals surface area contributed by atoms with E-state index in [1.807, 2.05) is 24.0 Å². The molecule has 1 saturated heterocycles. The zero-order valence-electron chi connectivity index (χ0n) is 11.3. The van der Waals surface area contributed by atoms with Crippen LogP contribution in [0.4, 0.5) is 0 Å². The molecule has 0 aromatic heterocycles. The second-order valence-electron chi connectivity index (χ2n) is 5.06. The van der Waals surface area contributed by atoms with Crippen molar-refractivity contribution >= 4 is 5.91 Å². The van der Waals surface area contributed by atoms with Crippen LogP contribution in [-0.4, -0.2) is 29.9 Å². The SMILES string of the molecule is Cc1ccccc1CNC(C)C(=O)N1CCCC1. The maximum absolute atomic E-state index is 12.1. The molecule has 1 aromatic rings. The van der Waals surface area contributed by atoms with Crippen LogP contribution in [0.5, 0.6) is 0 Å². The maximum Gasteiger partial charge on any atom is 0.239 e. The summed E-state index contributed by atoms with van der Waals surface area (Å²) in [6, 6.07) is 8.19. The van der Waals surface area contributed by atoms with E-state index in [9.17, 15) is 4.79 Å². The van der Waals surface area contributed by atoms with Crippen LogP contribution < -0.4 is 5.32 Å². The molecule has 1 heterocycles. The van der Waals surface area contributed by atoms with Gasteiger partial charge in [0.15, 0.2) is 0 Å². The van der Waals surface area contributed by atoms with Crippen LogP contribution in [0.2, 0.25) is 0 Å². The fraction of sp³-hybridized carbons (Fsp3) is 0.533. The van der Waals surface area contributed by atoms with E-state index in [0.717, 1.165) is 32.5 Å². The molecule has 3 heteroatoms. The Hall–Kier alpha value is -1.35. The van der Waals surface area contributed by atoms with Crippen molar-refractivity contribution in [2.75, 3.05) is 13.1 Å². The number of nitrogens with zero attached hydrogens (tertiary/aromatic N) is 1. The lowest BCUT2D eigenvalue weighted by Crippen LogP contribution is -2.43. The van der Waals surface area contributed by atoms with E-state index >= 15 is 0 Å². The van der Waals surface area contributed by atoms with Crippen molar-refractivity contribution in [3.63, 3.8) is 0 Å². The van der Waals surface area contributed by atoms with Gasteiger partial charge in [0.25, 0.3) is 0 Å². The molecule has 1 aliphatic heterocycles. The van der Waals surface area contributed by atoms with Crippen LogP contribution in [-0.2, 0) is 11.3 Å². The lowest BCUT2D eigenvalue weighted by molar-refractivity contribution is -0.131. The third-order valence-electron chi connectivity index (χ3n) is 3.65. The first-order chi connectivity index (χ1) is 8.68. The normalized spacial score (nSPS) is 16.9. The molecule has 1 atom stereocenters. The van der Waals surface area contributed by atoms with E-state index in [0.29, 0.717) is 0 Å². The van der Waals surface area contributed by atoms with Gasteiger partial charge in [-0.15, -0.1) is 0 Å². The van der Waals surface area contributed by atoms with E-state index in [1.165, 1.54) is 11.1 Å². The van der Waals surface area contributed by atoms with Gasteiger partial charge in [0.1, 0.15) is 0 Å². The van der Waals surface area contributed by atoms with Crippen molar-refractivity contribution < 1.29 is 4.79 Å². The molecule has 1 aliphatic rings. The molecule has 0 spiro atoms. The van der Waals surface area contributed by atoms with Crippen LogP contribution in [0.1, 0.15) is 30.9 Å². The van der Waals surface area contributed by atoms with Crippen molar-refractivity contribution in [2.24, 2.45) is 0 Å². The number of nitrogens with one attached hydrogen (secondary N) is 1. The van der Waals surface area contributed by atoms with Gasteiger partial charge < -0.3 is 10.2 Å².